The van der Waals surface area contributed by atoms with E-state index in [1.165, 1.54) is 33.3 Å². The van der Waals surface area contributed by atoms with Crippen LogP contribution >= 0.6 is 15.9 Å². The number of methoxy groups -OCH3 is 2. The Hall–Kier alpha value is -1.41. The van der Waals surface area contributed by atoms with E-state index in [-0.39, 0.29) is 23.7 Å². The molecule has 118 valence electrons. The zero-order valence-electron chi connectivity index (χ0n) is 11.8. The number of nitrogens with two attached hydrogens (primary N) is 1. The molecule has 0 unspecified atom stereocenters. The Bertz CT molecular complexity index is 500. The lowest BCUT2D eigenvalue weighted by Gasteiger charge is -2.23. The number of hydrogen-bond acceptors (Lipinski definition) is 5. The molecule has 8 heteroatoms. The number of benzene rings is 1. The van der Waals surface area contributed by atoms with Crippen LogP contribution in [0.2, 0.25) is 0 Å². The summed E-state index contributed by atoms with van der Waals surface area (Å²) in [7, 11) is 2.75. The predicted octanol–water partition coefficient (Wildman–Crippen LogP) is 2.66. The van der Waals surface area contributed by atoms with Gasteiger partial charge in [0.1, 0.15) is 22.0 Å². The van der Waals surface area contributed by atoms with E-state index in [0.717, 1.165) is 0 Å². The molecule has 0 bridgehead atoms. The summed E-state index contributed by atoms with van der Waals surface area (Å²) in [5.74, 6) is -5.00. The van der Waals surface area contributed by atoms with Crippen LogP contribution in [0.5, 0.6) is 11.5 Å². The molecule has 1 aromatic carbocycles. The molecule has 0 aliphatic heterocycles. The SMILES string of the molecule is CCOC(=O)C(F)(F)[C@@H](N)c1cc(OC)c(Br)c(OC)c1. The van der Waals surface area contributed by atoms with Crippen molar-refractivity contribution in [1.82, 2.24) is 0 Å². The number of alkyl halides is 2. The van der Waals surface area contributed by atoms with Crippen LogP contribution in [-0.2, 0) is 9.53 Å². The summed E-state index contributed by atoms with van der Waals surface area (Å²) in [6.07, 6.45) is 0. The number of esters is 1. The molecule has 1 atom stereocenters. The molecule has 0 saturated heterocycles. The summed E-state index contributed by atoms with van der Waals surface area (Å²) in [6, 6.07) is 0.738. The van der Waals surface area contributed by atoms with E-state index < -0.39 is 17.9 Å². The summed E-state index contributed by atoms with van der Waals surface area (Å²) >= 11 is 3.22. The summed E-state index contributed by atoms with van der Waals surface area (Å²) in [4.78, 5) is 11.3. The van der Waals surface area contributed by atoms with Crippen LogP contribution in [0.3, 0.4) is 0 Å². The number of halogens is 3. The van der Waals surface area contributed by atoms with Gasteiger partial charge < -0.3 is 19.9 Å². The molecular formula is C13H16BrF2NO4. The topological polar surface area (TPSA) is 70.8 Å². The lowest BCUT2D eigenvalue weighted by molar-refractivity contribution is -0.174. The van der Waals surface area contributed by atoms with Crippen molar-refractivity contribution in [2.24, 2.45) is 5.73 Å². The van der Waals surface area contributed by atoms with Gasteiger partial charge in [0.05, 0.1) is 20.8 Å². The molecule has 0 aromatic heterocycles. The third-order valence-electron chi connectivity index (χ3n) is 2.77. The highest BCUT2D eigenvalue weighted by molar-refractivity contribution is 9.10. The van der Waals surface area contributed by atoms with Crippen LogP contribution in [0.1, 0.15) is 18.5 Å². The first-order valence-corrected chi connectivity index (χ1v) is 6.80. The van der Waals surface area contributed by atoms with Crippen molar-refractivity contribution in [3.63, 3.8) is 0 Å². The van der Waals surface area contributed by atoms with Crippen molar-refractivity contribution >= 4 is 21.9 Å². The number of rotatable bonds is 6. The first-order valence-electron chi connectivity index (χ1n) is 6.01. The smallest absolute Gasteiger partial charge is 0.379 e. The van der Waals surface area contributed by atoms with Gasteiger partial charge in [0.25, 0.3) is 0 Å². The lowest BCUT2D eigenvalue weighted by atomic mass is 10.0. The second-order valence-electron chi connectivity index (χ2n) is 4.06. The summed E-state index contributed by atoms with van der Waals surface area (Å²) in [6.45, 7) is 1.28. The van der Waals surface area contributed by atoms with Gasteiger partial charge in [-0.05, 0) is 40.5 Å². The van der Waals surface area contributed by atoms with Gasteiger partial charge in [0.2, 0.25) is 0 Å². The number of hydrogen-bond donors (Lipinski definition) is 1. The highest BCUT2D eigenvalue weighted by atomic mass is 79.9. The van der Waals surface area contributed by atoms with Crippen molar-refractivity contribution in [1.29, 1.82) is 0 Å². The van der Waals surface area contributed by atoms with Crippen LogP contribution in [0.15, 0.2) is 16.6 Å². The van der Waals surface area contributed by atoms with Crippen molar-refractivity contribution in [3.05, 3.63) is 22.2 Å². The monoisotopic (exact) mass is 367 g/mol. The molecule has 21 heavy (non-hydrogen) atoms. The normalized spacial score (nSPS) is 12.7. The standard InChI is InChI=1S/C13H16BrF2NO4/c1-4-21-12(18)13(15,16)11(17)7-5-8(19-2)10(14)9(6-7)20-3/h5-6,11H,4,17H2,1-3H3/t11-/m0/s1. The Labute approximate surface area is 129 Å². The van der Waals surface area contributed by atoms with E-state index in [2.05, 4.69) is 20.7 Å². The Balaban J connectivity index is 3.23. The van der Waals surface area contributed by atoms with Crippen molar-refractivity contribution < 1.29 is 27.8 Å². The van der Waals surface area contributed by atoms with Gasteiger partial charge in [0.15, 0.2) is 0 Å². The maximum absolute atomic E-state index is 14.0. The van der Waals surface area contributed by atoms with Crippen LogP contribution in [-0.4, -0.2) is 32.7 Å². The van der Waals surface area contributed by atoms with E-state index in [1.807, 2.05) is 0 Å². The zero-order chi connectivity index (χ0) is 16.2. The number of carbonyl (C=O) groups excluding carboxylic acids is 1. The Morgan fingerprint density at radius 3 is 2.19 bits per heavy atom. The maximum Gasteiger partial charge on any atom is 0.379 e. The Kier molecular flexibility index (Phi) is 5.91. The quantitative estimate of drug-likeness (QED) is 0.782. The lowest BCUT2D eigenvalue weighted by Crippen LogP contribution is -2.41. The first-order chi connectivity index (χ1) is 9.79. The average Bonchev–Trinajstić information content (AvgIpc) is 2.46. The van der Waals surface area contributed by atoms with Gasteiger partial charge >= 0.3 is 11.9 Å². The van der Waals surface area contributed by atoms with Crippen LogP contribution in [0.4, 0.5) is 8.78 Å². The minimum absolute atomic E-state index is 0.00930. The van der Waals surface area contributed by atoms with Crippen LogP contribution in [0.25, 0.3) is 0 Å². The van der Waals surface area contributed by atoms with Gasteiger partial charge in [0, 0.05) is 0 Å². The van der Waals surface area contributed by atoms with Gasteiger partial charge in [-0.25, -0.2) is 4.79 Å². The number of carbonyl (C=O) groups is 1. The summed E-state index contributed by atoms with van der Waals surface area (Å²) in [5.41, 5.74) is 5.51. The molecule has 0 saturated carbocycles. The van der Waals surface area contributed by atoms with Gasteiger partial charge in [-0.15, -0.1) is 0 Å². The molecule has 2 N–H and O–H groups in total. The fourth-order valence-electron chi connectivity index (χ4n) is 1.63. The second-order valence-corrected chi connectivity index (χ2v) is 4.85. The minimum atomic E-state index is -3.86. The average molecular weight is 368 g/mol. The van der Waals surface area contributed by atoms with Crippen LogP contribution in [0, 0.1) is 0 Å². The van der Waals surface area contributed by atoms with E-state index >= 15 is 0 Å². The Morgan fingerprint density at radius 2 is 1.81 bits per heavy atom. The molecule has 0 amide bonds. The van der Waals surface area contributed by atoms with Crippen LogP contribution < -0.4 is 15.2 Å². The van der Waals surface area contributed by atoms with Crippen molar-refractivity contribution in [3.8, 4) is 11.5 Å². The predicted molar refractivity (Wildman–Crippen MR) is 75.8 cm³/mol. The molecular weight excluding hydrogens is 352 g/mol. The molecule has 0 spiro atoms. The van der Waals surface area contributed by atoms with E-state index in [1.54, 1.807) is 0 Å². The fraction of sp³-hybridized carbons (Fsp3) is 0.462. The minimum Gasteiger partial charge on any atom is -0.495 e. The largest absolute Gasteiger partial charge is 0.495 e. The number of ether oxygens (including phenoxy) is 3. The third kappa shape index (κ3) is 3.62. The molecule has 0 heterocycles. The van der Waals surface area contributed by atoms with E-state index in [0.29, 0.717) is 4.47 Å². The zero-order valence-corrected chi connectivity index (χ0v) is 13.4. The summed E-state index contributed by atoms with van der Waals surface area (Å²) < 4.78 is 42.8. The molecule has 1 rings (SSSR count). The van der Waals surface area contributed by atoms with E-state index in [9.17, 15) is 13.6 Å². The first kappa shape index (κ1) is 17.6. The molecule has 1 aromatic rings. The second kappa shape index (κ2) is 7.04. The van der Waals surface area contributed by atoms with Crippen molar-refractivity contribution in [2.75, 3.05) is 20.8 Å². The van der Waals surface area contributed by atoms with Gasteiger partial charge in [-0.2, -0.15) is 8.78 Å². The molecule has 0 fully saturated rings. The molecule has 5 nitrogen and oxygen atoms in total. The molecule has 0 aliphatic rings. The maximum atomic E-state index is 14.0. The van der Waals surface area contributed by atoms with Gasteiger partial charge in [-0.1, -0.05) is 0 Å². The van der Waals surface area contributed by atoms with E-state index in [4.69, 9.17) is 15.2 Å². The fourth-order valence-corrected chi connectivity index (χ4v) is 2.19. The highest BCUT2D eigenvalue weighted by Crippen LogP contribution is 2.40. The van der Waals surface area contributed by atoms with Gasteiger partial charge in [-0.3, -0.25) is 0 Å². The molecule has 0 radical (unpaired) electrons. The van der Waals surface area contributed by atoms with Crippen molar-refractivity contribution in [2.45, 2.75) is 18.9 Å². The highest BCUT2D eigenvalue weighted by Gasteiger charge is 2.48. The third-order valence-corrected chi connectivity index (χ3v) is 3.55. The summed E-state index contributed by atoms with van der Waals surface area (Å²) in [5, 5.41) is 0. The molecule has 0 aliphatic carbocycles. The Morgan fingerprint density at radius 1 is 1.33 bits per heavy atom.